The second-order valence-corrected chi connectivity index (χ2v) is 5.25. The molecule has 2 fully saturated rings. The monoisotopic (exact) mass is 207 g/mol. The van der Waals surface area contributed by atoms with E-state index in [-0.39, 0.29) is 11.8 Å². The van der Waals surface area contributed by atoms with Crippen molar-refractivity contribution in [3.05, 3.63) is 0 Å². The van der Waals surface area contributed by atoms with Gasteiger partial charge in [0, 0.05) is 0 Å². The largest absolute Gasteiger partial charge is 0.481 e. The number of hydrogen-bond acceptors (Lipinski definition) is 2. The van der Waals surface area contributed by atoms with Gasteiger partial charge in [-0.05, 0) is 37.5 Å². The Kier molecular flexibility index (Phi) is 2.46. The van der Waals surface area contributed by atoms with Crippen LogP contribution in [0, 0.1) is 34.5 Å². The SMILES string of the molecule is CC1CC(C(=O)O)(C2CCCC2C#N)C1. The molecule has 0 heterocycles. The van der Waals surface area contributed by atoms with Crippen molar-refractivity contribution in [1.29, 1.82) is 5.26 Å². The van der Waals surface area contributed by atoms with E-state index in [2.05, 4.69) is 13.0 Å². The molecule has 2 rings (SSSR count). The van der Waals surface area contributed by atoms with Gasteiger partial charge in [-0.1, -0.05) is 13.3 Å². The number of carboxylic acid groups (broad SMARTS) is 1. The molecule has 3 heteroatoms. The number of hydrogen-bond donors (Lipinski definition) is 1. The third-order valence-corrected chi connectivity index (χ3v) is 4.24. The number of carbonyl (C=O) groups is 1. The lowest BCUT2D eigenvalue weighted by Gasteiger charge is -2.48. The number of rotatable bonds is 2. The highest BCUT2D eigenvalue weighted by molar-refractivity contribution is 5.76. The van der Waals surface area contributed by atoms with E-state index in [0.717, 1.165) is 32.1 Å². The first kappa shape index (κ1) is 10.5. The van der Waals surface area contributed by atoms with Gasteiger partial charge in [-0.25, -0.2) is 0 Å². The van der Waals surface area contributed by atoms with Crippen LogP contribution in [-0.4, -0.2) is 11.1 Å². The average molecular weight is 207 g/mol. The molecule has 2 unspecified atom stereocenters. The standard InChI is InChI=1S/C12H17NO2/c1-8-5-12(6-8,11(14)15)10-4-2-3-9(10)7-13/h8-10H,2-6H2,1H3,(H,14,15). The third-order valence-electron chi connectivity index (χ3n) is 4.24. The smallest absolute Gasteiger partial charge is 0.309 e. The quantitative estimate of drug-likeness (QED) is 0.756. The van der Waals surface area contributed by atoms with E-state index in [9.17, 15) is 9.90 Å². The average Bonchev–Trinajstić information content (AvgIpc) is 2.59. The molecule has 0 aromatic heterocycles. The summed E-state index contributed by atoms with van der Waals surface area (Å²) < 4.78 is 0. The van der Waals surface area contributed by atoms with Crippen molar-refractivity contribution in [3.63, 3.8) is 0 Å². The van der Waals surface area contributed by atoms with Gasteiger partial charge in [0.05, 0.1) is 17.4 Å². The van der Waals surface area contributed by atoms with Crippen LogP contribution in [0.1, 0.15) is 39.0 Å². The highest BCUT2D eigenvalue weighted by Gasteiger charge is 2.56. The van der Waals surface area contributed by atoms with Crippen LogP contribution < -0.4 is 0 Å². The van der Waals surface area contributed by atoms with E-state index in [1.165, 1.54) is 0 Å². The fraction of sp³-hybridized carbons (Fsp3) is 0.833. The van der Waals surface area contributed by atoms with Crippen LogP contribution >= 0.6 is 0 Å². The molecule has 0 saturated heterocycles. The summed E-state index contributed by atoms with van der Waals surface area (Å²) in [5.74, 6) is -0.0707. The van der Waals surface area contributed by atoms with E-state index in [1.54, 1.807) is 0 Å². The zero-order valence-corrected chi connectivity index (χ0v) is 9.07. The Bertz CT molecular complexity index is 312. The van der Waals surface area contributed by atoms with Crippen molar-refractivity contribution < 1.29 is 9.90 Å². The van der Waals surface area contributed by atoms with Gasteiger partial charge in [-0.2, -0.15) is 5.26 Å². The Balaban J connectivity index is 2.20. The molecule has 2 saturated carbocycles. The number of carboxylic acids is 1. The summed E-state index contributed by atoms with van der Waals surface area (Å²) in [5, 5.41) is 18.4. The molecular weight excluding hydrogens is 190 g/mol. The van der Waals surface area contributed by atoms with Gasteiger partial charge in [-0.3, -0.25) is 4.79 Å². The van der Waals surface area contributed by atoms with Gasteiger partial charge in [0.1, 0.15) is 0 Å². The molecule has 1 N–H and O–H groups in total. The van der Waals surface area contributed by atoms with Gasteiger partial charge in [0.15, 0.2) is 0 Å². The summed E-state index contributed by atoms with van der Waals surface area (Å²) in [6.07, 6.45) is 4.38. The Morgan fingerprint density at radius 1 is 1.47 bits per heavy atom. The van der Waals surface area contributed by atoms with E-state index >= 15 is 0 Å². The lowest BCUT2D eigenvalue weighted by molar-refractivity contribution is -0.165. The summed E-state index contributed by atoms with van der Waals surface area (Å²) >= 11 is 0. The molecule has 0 radical (unpaired) electrons. The van der Waals surface area contributed by atoms with E-state index in [0.29, 0.717) is 5.92 Å². The van der Waals surface area contributed by atoms with Crippen LogP contribution in [0.5, 0.6) is 0 Å². The second-order valence-electron chi connectivity index (χ2n) is 5.25. The van der Waals surface area contributed by atoms with E-state index < -0.39 is 11.4 Å². The zero-order chi connectivity index (χ0) is 11.1. The maximum Gasteiger partial charge on any atom is 0.309 e. The molecular formula is C12H17NO2. The Morgan fingerprint density at radius 3 is 2.60 bits per heavy atom. The molecule has 3 nitrogen and oxygen atoms in total. The second kappa shape index (κ2) is 3.52. The first-order chi connectivity index (χ1) is 7.10. The minimum atomic E-state index is -0.673. The van der Waals surface area contributed by atoms with E-state index in [4.69, 9.17) is 5.26 Å². The fourth-order valence-electron chi connectivity index (χ4n) is 3.60. The minimum Gasteiger partial charge on any atom is -0.481 e. The van der Waals surface area contributed by atoms with Crippen molar-refractivity contribution >= 4 is 5.97 Å². The van der Waals surface area contributed by atoms with Crippen LogP contribution in [0.4, 0.5) is 0 Å². The maximum atomic E-state index is 11.4. The summed E-state index contributed by atoms with van der Waals surface area (Å²) in [4.78, 5) is 11.4. The molecule has 82 valence electrons. The number of aliphatic carboxylic acids is 1. The van der Waals surface area contributed by atoms with Gasteiger partial charge < -0.3 is 5.11 Å². The predicted octanol–water partition coefficient (Wildman–Crippen LogP) is 2.43. The molecule has 0 aromatic carbocycles. The molecule has 15 heavy (non-hydrogen) atoms. The summed E-state index contributed by atoms with van der Waals surface area (Å²) in [6, 6.07) is 2.29. The topological polar surface area (TPSA) is 61.1 Å². The molecule has 0 aromatic rings. The third kappa shape index (κ3) is 1.43. The fourth-order valence-corrected chi connectivity index (χ4v) is 3.60. The molecule has 2 aliphatic rings. The number of nitrogens with zero attached hydrogens (tertiary/aromatic N) is 1. The van der Waals surface area contributed by atoms with Crippen molar-refractivity contribution in [2.45, 2.75) is 39.0 Å². The Labute approximate surface area is 90.1 Å². The highest BCUT2D eigenvalue weighted by atomic mass is 16.4. The van der Waals surface area contributed by atoms with Crippen molar-refractivity contribution in [1.82, 2.24) is 0 Å². The first-order valence-corrected chi connectivity index (χ1v) is 5.73. The van der Waals surface area contributed by atoms with Gasteiger partial charge >= 0.3 is 5.97 Å². The van der Waals surface area contributed by atoms with Crippen LogP contribution in [0.15, 0.2) is 0 Å². The lowest BCUT2D eigenvalue weighted by Crippen LogP contribution is -2.49. The lowest BCUT2D eigenvalue weighted by atomic mass is 9.54. The van der Waals surface area contributed by atoms with Crippen LogP contribution in [0.2, 0.25) is 0 Å². The summed E-state index contributed by atoms with van der Waals surface area (Å²) in [7, 11) is 0. The van der Waals surface area contributed by atoms with Crippen LogP contribution in [0.25, 0.3) is 0 Å². The molecule has 0 spiro atoms. The normalized spacial score (nSPS) is 44.4. The Hall–Kier alpha value is -1.04. The highest BCUT2D eigenvalue weighted by Crippen LogP contribution is 2.57. The molecule has 2 aliphatic carbocycles. The maximum absolute atomic E-state index is 11.4. The summed E-state index contributed by atoms with van der Waals surface area (Å²) in [5.41, 5.74) is -0.559. The minimum absolute atomic E-state index is 0.0198. The summed E-state index contributed by atoms with van der Waals surface area (Å²) in [6.45, 7) is 2.09. The molecule has 0 bridgehead atoms. The van der Waals surface area contributed by atoms with Gasteiger partial charge in [-0.15, -0.1) is 0 Å². The predicted molar refractivity (Wildman–Crippen MR) is 54.9 cm³/mol. The molecule has 0 aliphatic heterocycles. The van der Waals surface area contributed by atoms with Crippen LogP contribution in [0.3, 0.4) is 0 Å². The van der Waals surface area contributed by atoms with Crippen LogP contribution in [-0.2, 0) is 4.79 Å². The molecule has 0 amide bonds. The Morgan fingerprint density at radius 2 is 2.13 bits per heavy atom. The van der Waals surface area contributed by atoms with E-state index in [1.807, 2.05) is 0 Å². The molecule has 2 atom stereocenters. The first-order valence-electron chi connectivity index (χ1n) is 5.73. The zero-order valence-electron chi connectivity index (χ0n) is 9.07. The van der Waals surface area contributed by atoms with Crippen molar-refractivity contribution in [2.75, 3.05) is 0 Å². The van der Waals surface area contributed by atoms with Crippen molar-refractivity contribution in [3.8, 4) is 6.07 Å². The van der Waals surface area contributed by atoms with Gasteiger partial charge in [0.2, 0.25) is 0 Å². The van der Waals surface area contributed by atoms with Crippen molar-refractivity contribution in [2.24, 2.45) is 23.2 Å². The van der Waals surface area contributed by atoms with Gasteiger partial charge in [0.25, 0.3) is 0 Å². The number of nitriles is 1.